The van der Waals surface area contributed by atoms with Crippen molar-refractivity contribution in [2.24, 2.45) is 0 Å². The third kappa shape index (κ3) is 4.05. The Bertz CT molecular complexity index is 1060. The maximum absolute atomic E-state index is 12.9. The Balaban J connectivity index is 1.75. The monoisotopic (exact) mass is 443 g/mol. The molecule has 0 aromatic heterocycles. The van der Waals surface area contributed by atoms with Gasteiger partial charge in [-0.2, -0.15) is 4.31 Å². The van der Waals surface area contributed by atoms with Crippen molar-refractivity contribution < 1.29 is 21.6 Å². The number of methoxy groups -OCH3 is 1. The molecule has 0 saturated carbocycles. The molecule has 28 heavy (non-hydrogen) atoms. The topological polar surface area (TPSA) is 80.8 Å². The molecule has 0 spiro atoms. The minimum absolute atomic E-state index is 0.125. The lowest BCUT2D eigenvalue weighted by atomic mass is 10.2. The van der Waals surface area contributed by atoms with Gasteiger partial charge in [0.1, 0.15) is 5.75 Å². The van der Waals surface area contributed by atoms with Crippen LogP contribution in [-0.2, 0) is 19.9 Å². The smallest absolute Gasteiger partial charge is 0.243 e. The van der Waals surface area contributed by atoms with E-state index in [9.17, 15) is 16.8 Å². The lowest BCUT2D eigenvalue weighted by Gasteiger charge is -2.31. The third-order valence-electron chi connectivity index (χ3n) is 5.01. The van der Waals surface area contributed by atoms with E-state index in [1.165, 1.54) is 35.7 Å². The van der Waals surface area contributed by atoms with Gasteiger partial charge in [-0.25, -0.2) is 16.8 Å². The van der Waals surface area contributed by atoms with Gasteiger partial charge in [-0.15, -0.1) is 0 Å². The Kier molecular flexibility index (Phi) is 6.05. The van der Waals surface area contributed by atoms with Crippen molar-refractivity contribution >= 4 is 31.5 Å². The predicted octanol–water partition coefficient (Wildman–Crippen LogP) is 3.28. The highest BCUT2D eigenvalue weighted by Gasteiger charge is 2.35. The van der Waals surface area contributed by atoms with Gasteiger partial charge in [0.05, 0.1) is 22.2 Å². The van der Waals surface area contributed by atoms with Crippen molar-refractivity contribution in [3.63, 3.8) is 0 Å². The summed E-state index contributed by atoms with van der Waals surface area (Å²) < 4.78 is 57.8. The van der Waals surface area contributed by atoms with Crippen LogP contribution in [0.4, 0.5) is 0 Å². The number of benzene rings is 2. The predicted molar refractivity (Wildman–Crippen MR) is 108 cm³/mol. The largest absolute Gasteiger partial charge is 0.497 e. The van der Waals surface area contributed by atoms with Crippen LogP contribution < -0.4 is 4.74 Å². The molecule has 0 amide bonds. The highest BCUT2D eigenvalue weighted by molar-refractivity contribution is 7.92. The Hall–Kier alpha value is -1.61. The zero-order valence-electron chi connectivity index (χ0n) is 15.6. The van der Waals surface area contributed by atoms with Crippen LogP contribution in [0.25, 0.3) is 0 Å². The third-order valence-corrected chi connectivity index (χ3v) is 9.59. The van der Waals surface area contributed by atoms with Crippen LogP contribution in [0.3, 0.4) is 0 Å². The van der Waals surface area contributed by atoms with Gasteiger partial charge in [0.25, 0.3) is 0 Å². The highest BCUT2D eigenvalue weighted by Crippen LogP contribution is 2.29. The molecule has 0 bridgehead atoms. The minimum atomic E-state index is -3.71. The van der Waals surface area contributed by atoms with Gasteiger partial charge in [-0.3, -0.25) is 0 Å². The lowest BCUT2D eigenvalue weighted by Crippen LogP contribution is -2.42. The average Bonchev–Trinajstić information content (AvgIpc) is 2.70. The molecule has 1 heterocycles. The van der Waals surface area contributed by atoms with Crippen LogP contribution in [-0.4, -0.2) is 46.6 Å². The zero-order valence-corrected chi connectivity index (χ0v) is 18.0. The van der Waals surface area contributed by atoms with Gasteiger partial charge in [0, 0.05) is 18.1 Å². The van der Waals surface area contributed by atoms with Crippen molar-refractivity contribution in [3.8, 4) is 5.75 Å². The molecule has 0 radical (unpaired) electrons. The second-order valence-electron chi connectivity index (χ2n) is 6.73. The summed E-state index contributed by atoms with van der Waals surface area (Å²) >= 11 is 6.06. The number of nitrogens with zero attached hydrogens (tertiary/aromatic N) is 1. The van der Waals surface area contributed by atoms with E-state index >= 15 is 0 Å². The molecular weight excluding hydrogens is 422 g/mol. The van der Waals surface area contributed by atoms with Crippen molar-refractivity contribution in [2.45, 2.75) is 34.8 Å². The molecule has 0 N–H and O–H groups in total. The Morgan fingerprint density at radius 3 is 2.07 bits per heavy atom. The maximum Gasteiger partial charge on any atom is 0.243 e. The maximum atomic E-state index is 12.9. The van der Waals surface area contributed by atoms with Crippen molar-refractivity contribution in [1.29, 1.82) is 0 Å². The van der Waals surface area contributed by atoms with Gasteiger partial charge in [-0.05, 0) is 61.7 Å². The molecule has 1 saturated heterocycles. The summed E-state index contributed by atoms with van der Waals surface area (Å²) in [5.41, 5.74) is 0.796. The number of hydrogen-bond acceptors (Lipinski definition) is 5. The fourth-order valence-electron chi connectivity index (χ4n) is 3.22. The average molecular weight is 444 g/mol. The van der Waals surface area contributed by atoms with Crippen LogP contribution in [0.2, 0.25) is 5.02 Å². The molecule has 1 aliphatic rings. The number of halogens is 1. The van der Waals surface area contributed by atoms with E-state index in [-0.39, 0.29) is 35.7 Å². The zero-order chi connectivity index (χ0) is 20.5. The molecule has 0 unspecified atom stereocenters. The second kappa shape index (κ2) is 8.02. The molecule has 1 fully saturated rings. The summed E-state index contributed by atoms with van der Waals surface area (Å²) in [6.45, 7) is 2.09. The first-order valence-corrected chi connectivity index (χ1v) is 12.2. The van der Waals surface area contributed by atoms with E-state index < -0.39 is 25.1 Å². The van der Waals surface area contributed by atoms with Gasteiger partial charge in [0.15, 0.2) is 9.84 Å². The first-order valence-electron chi connectivity index (χ1n) is 8.80. The van der Waals surface area contributed by atoms with Crippen molar-refractivity contribution in [1.82, 2.24) is 4.31 Å². The standard InChI is InChI=1S/C19H22ClNO5S2/c1-14-3-6-18(13-19(14)20)28(24,25)21-11-9-17(10-12-21)27(22,23)16-7-4-15(26-2)5-8-16/h3-8,13,17H,9-12H2,1-2H3. The van der Waals surface area contributed by atoms with Crippen LogP contribution >= 0.6 is 11.6 Å². The molecule has 6 nitrogen and oxygen atoms in total. The van der Waals surface area contributed by atoms with E-state index in [0.29, 0.717) is 10.8 Å². The summed E-state index contributed by atoms with van der Waals surface area (Å²) in [6, 6.07) is 10.9. The first-order chi connectivity index (χ1) is 13.2. The molecular formula is C19H22ClNO5S2. The summed E-state index contributed by atoms with van der Waals surface area (Å²) in [5.74, 6) is 0.580. The lowest BCUT2D eigenvalue weighted by molar-refractivity contribution is 0.345. The molecule has 1 aliphatic heterocycles. The molecule has 0 atom stereocenters. The van der Waals surface area contributed by atoms with Gasteiger partial charge >= 0.3 is 0 Å². The van der Waals surface area contributed by atoms with Crippen LogP contribution in [0.1, 0.15) is 18.4 Å². The molecule has 3 rings (SSSR count). The van der Waals surface area contributed by atoms with Crippen molar-refractivity contribution in [3.05, 3.63) is 53.1 Å². The van der Waals surface area contributed by atoms with E-state index in [1.54, 1.807) is 25.1 Å². The molecule has 2 aromatic rings. The van der Waals surface area contributed by atoms with Crippen LogP contribution in [0.15, 0.2) is 52.3 Å². The Morgan fingerprint density at radius 1 is 0.964 bits per heavy atom. The first kappa shape index (κ1) is 21.1. The fraction of sp³-hybridized carbons (Fsp3) is 0.368. The molecule has 152 valence electrons. The van der Waals surface area contributed by atoms with Crippen LogP contribution in [0.5, 0.6) is 5.75 Å². The van der Waals surface area contributed by atoms with Gasteiger partial charge in [-0.1, -0.05) is 17.7 Å². The molecule has 9 heteroatoms. The Labute approximate surface area is 171 Å². The summed E-state index contributed by atoms with van der Waals surface area (Å²) in [7, 11) is -5.72. The number of hydrogen-bond donors (Lipinski definition) is 0. The summed E-state index contributed by atoms with van der Waals surface area (Å²) in [4.78, 5) is 0.347. The fourth-order valence-corrected chi connectivity index (χ4v) is 6.70. The number of sulfone groups is 1. The van der Waals surface area contributed by atoms with Gasteiger partial charge < -0.3 is 4.74 Å². The van der Waals surface area contributed by atoms with E-state index in [1.807, 2.05) is 0 Å². The number of piperidine rings is 1. The number of sulfonamides is 1. The number of rotatable bonds is 5. The van der Waals surface area contributed by atoms with Gasteiger partial charge in [0.2, 0.25) is 10.0 Å². The number of ether oxygens (including phenoxy) is 1. The minimum Gasteiger partial charge on any atom is -0.497 e. The van der Waals surface area contributed by atoms with E-state index in [4.69, 9.17) is 16.3 Å². The van der Waals surface area contributed by atoms with Crippen LogP contribution in [0, 0.1) is 6.92 Å². The normalized spacial score (nSPS) is 16.8. The summed E-state index contributed by atoms with van der Waals surface area (Å²) in [5, 5.41) is -0.230. The summed E-state index contributed by atoms with van der Waals surface area (Å²) in [6.07, 6.45) is 0.486. The van der Waals surface area contributed by atoms with E-state index in [0.717, 1.165) is 5.56 Å². The van der Waals surface area contributed by atoms with E-state index in [2.05, 4.69) is 0 Å². The highest BCUT2D eigenvalue weighted by atomic mass is 35.5. The SMILES string of the molecule is COc1ccc(S(=O)(=O)C2CCN(S(=O)(=O)c3ccc(C)c(Cl)c3)CC2)cc1. The number of aryl methyl sites for hydroxylation is 1. The Morgan fingerprint density at radius 2 is 1.54 bits per heavy atom. The van der Waals surface area contributed by atoms with Crippen molar-refractivity contribution in [2.75, 3.05) is 20.2 Å². The molecule has 0 aliphatic carbocycles. The molecule has 2 aromatic carbocycles. The quantitative estimate of drug-likeness (QED) is 0.708. The second-order valence-corrected chi connectivity index (χ2v) is 11.3.